The highest BCUT2D eigenvalue weighted by molar-refractivity contribution is 7.08. The van der Waals surface area contributed by atoms with Gasteiger partial charge in [0, 0.05) is 37.5 Å². The van der Waals surface area contributed by atoms with Gasteiger partial charge in [-0.25, -0.2) is 0 Å². The first-order valence-electron chi connectivity index (χ1n) is 8.48. The van der Waals surface area contributed by atoms with Crippen LogP contribution in [0.5, 0.6) is 0 Å². The lowest BCUT2D eigenvalue weighted by atomic mass is 9.97. The Kier molecular flexibility index (Phi) is 4.00. The van der Waals surface area contributed by atoms with Crippen LogP contribution >= 0.6 is 11.3 Å². The minimum Gasteiger partial charge on any atom is -0.355 e. The summed E-state index contributed by atoms with van der Waals surface area (Å²) in [6.45, 7) is 3.70. The summed E-state index contributed by atoms with van der Waals surface area (Å²) >= 11 is 1.58. The molecule has 0 N–H and O–H groups in total. The molecule has 0 bridgehead atoms. The average molecular weight is 342 g/mol. The Bertz CT molecular complexity index is 715. The minimum atomic E-state index is 0.183. The van der Waals surface area contributed by atoms with E-state index in [1.165, 1.54) is 12.8 Å². The minimum absolute atomic E-state index is 0.183. The lowest BCUT2D eigenvalue weighted by molar-refractivity contribution is 0.0780. The van der Waals surface area contributed by atoms with Gasteiger partial charge in [0.05, 0.1) is 11.3 Å². The smallest absolute Gasteiger partial charge is 0.254 e. The van der Waals surface area contributed by atoms with Gasteiger partial charge in [-0.15, -0.1) is 5.10 Å². The highest BCUT2D eigenvalue weighted by atomic mass is 32.1. The second kappa shape index (κ2) is 6.16. The van der Waals surface area contributed by atoms with E-state index in [0.29, 0.717) is 17.9 Å². The molecule has 2 aromatic rings. The molecule has 2 aliphatic rings. The predicted octanol–water partition coefficient (Wildman–Crippen LogP) is 2.83. The molecule has 24 heavy (non-hydrogen) atoms. The number of fused-ring (bicyclic) bond motifs is 1. The summed E-state index contributed by atoms with van der Waals surface area (Å²) in [7, 11) is 2.11. The third-order valence-corrected chi connectivity index (χ3v) is 6.20. The zero-order valence-electron chi connectivity index (χ0n) is 14.1. The maximum Gasteiger partial charge on any atom is 0.254 e. The Morgan fingerprint density at radius 1 is 1.25 bits per heavy atom. The molecule has 1 aliphatic heterocycles. The van der Waals surface area contributed by atoms with E-state index < -0.39 is 0 Å². The molecule has 2 fully saturated rings. The van der Waals surface area contributed by atoms with Crippen LogP contribution in [-0.4, -0.2) is 47.2 Å². The highest BCUT2D eigenvalue weighted by Gasteiger charge is 2.45. The second-order valence-corrected chi connectivity index (χ2v) is 7.71. The Balaban J connectivity index is 1.48. The number of anilines is 1. The maximum absolute atomic E-state index is 12.6. The quantitative estimate of drug-likeness (QED) is 0.861. The molecule has 2 aromatic heterocycles. The number of hydrogen-bond acceptors (Lipinski definition) is 5. The molecule has 5 nitrogen and oxygen atoms in total. The second-order valence-electron chi connectivity index (χ2n) is 6.93. The molecule has 0 unspecified atom stereocenters. The molecule has 0 radical (unpaired) electrons. The summed E-state index contributed by atoms with van der Waals surface area (Å²) in [5, 5.41) is 12.4. The van der Waals surface area contributed by atoms with Crippen LogP contribution in [0.4, 0.5) is 5.82 Å². The first kappa shape index (κ1) is 15.6. The number of amides is 1. The summed E-state index contributed by atoms with van der Waals surface area (Å²) in [5.41, 5.74) is 1.76. The van der Waals surface area contributed by atoms with E-state index in [1.54, 1.807) is 11.3 Å². The fourth-order valence-corrected chi connectivity index (χ4v) is 4.83. The van der Waals surface area contributed by atoms with Crippen LogP contribution in [0, 0.1) is 18.8 Å². The van der Waals surface area contributed by atoms with Crippen LogP contribution in [0.3, 0.4) is 0 Å². The van der Waals surface area contributed by atoms with Crippen LogP contribution in [0.15, 0.2) is 29.0 Å². The summed E-state index contributed by atoms with van der Waals surface area (Å²) in [6.07, 6.45) is 2.36. The molecule has 3 heterocycles. The monoisotopic (exact) mass is 342 g/mol. The van der Waals surface area contributed by atoms with Gasteiger partial charge in [0.25, 0.3) is 5.91 Å². The van der Waals surface area contributed by atoms with Crippen molar-refractivity contribution >= 4 is 23.1 Å². The van der Waals surface area contributed by atoms with Crippen LogP contribution < -0.4 is 4.90 Å². The molecule has 1 saturated heterocycles. The Morgan fingerprint density at radius 3 is 2.83 bits per heavy atom. The molecule has 1 amide bonds. The van der Waals surface area contributed by atoms with Gasteiger partial charge >= 0.3 is 0 Å². The fraction of sp³-hybridized carbons (Fsp3) is 0.500. The van der Waals surface area contributed by atoms with Gasteiger partial charge in [0.2, 0.25) is 0 Å². The van der Waals surface area contributed by atoms with Crippen LogP contribution in [0.1, 0.15) is 28.9 Å². The molecular weight excluding hydrogens is 320 g/mol. The Hall–Kier alpha value is -1.95. The number of aryl methyl sites for hydroxylation is 1. The largest absolute Gasteiger partial charge is 0.355 e. The van der Waals surface area contributed by atoms with E-state index in [-0.39, 0.29) is 5.91 Å². The number of rotatable bonds is 3. The van der Waals surface area contributed by atoms with Crippen molar-refractivity contribution in [1.29, 1.82) is 0 Å². The van der Waals surface area contributed by atoms with Crippen molar-refractivity contribution in [1.82, 2.24) is 15.1 Å². The predicted molar refractivity (Wildman–Crippen MR) is 95.4 cm³/mol. The summed E-state index contributed by atoms with van der Waals surface area (Å²) in [4.78, 5) is 16.9. The van der Waals surface area contributed by atoms with Crippen molar-refractivity contribution in [3.63, 3.8) is 0 Å². The van der Waals surface area contributed by atoms with Crippen molar-refractivity contribution in [3.8, 4) is 0 Å². The average Bonchev–Trinajstić information content (AvgIpc) is 3.31. The zero-order chi connectivity index (χ0) is 16.7. The van der Waals surface area contributed by atoms with Gasteiger partial charge < -0.3 is 9.80 Å². The molecule has 1 saturated carbocycles. The first-order valence-corrected chi connectivity index (χ1v) is 9.42. The van der Waals surface area contributed by atoms with E-state index in [4.69, 9.17) is 0 Å². The van der Waals surface area contributed by atoms with Gasteiger partial charge in [0.15, 0.2) is 5.82 Å². The third kappa shape index (κ3) is 2.69. The van der Waals surface area contributed by atoms with Gasteiger partial charge in [0.1, 0.15) is 0 Å². The molecule has 1 aliphatic carbocycles. The number of carbonyl (C=O) groups is 1. The number of hydrogen-bond donors (Lipinski definition) is 0. The molecule has 0 spiro atoms. The van der Waals surface area contributed by atoms with Crippen molar-refractivity contribution < 1.29 is 4.79 Å². The third-order valence-electron chi connectivity index (χ3n) is 5.52. The highest BCUT2D eigenvalue weighted by Crippen LogP contribution is 2.41. The van der Waals surface area contributed by atoms with Crippen LogP contribution in [0.25, 0.3) is 0 Å². The molecule has 4 rings (SSSR count). The van der Waals surface area contributed by atoms with Crippen LogP contribution in [-0.2, 0) is 0 Å². The van der Waals surface area contributed by atoms with Gasteiger partial charge in [-0.2, -0.15) is 16.4 Å². The van der Waals surface area contributed by atoms with E-state index in [9.17, 15) is 4.79 Å². The maximum atomic E-state index is 12.6. The zero-order valence-corrected chi connectivity index (χ0v) is 14.9. The topological polar surface area (TPSA) is 49.3 Å². The Labute approximate surface area is 146 Å². The molecule has 3 atom stereocenters. The van der Waals surface area contributed by atoms with Crippen LogP contribution in [0.2, 0.25) is 0 Å². The standard InChI is InChI=1S/C18H22N4OS/c1-12-3-6-17(20-19-12)21(2)16-5-4-13-9-22(10-15(13)16)18(23)14-7-8-24-11-14/h3,6-8,11,13,15-16H,4-5,9-10H2,1-2H3/t13-,15+,16-/m1/s1. The number of likely N-dealkylation sites (tertiary alicyclic amines) is 1. The summed E-state index contributed by atoms with van der Waals surface area (Å²) in [5.74, 6) is 2.25. The molecular formula is C18H22N4OS. The van der Waals surface area contributed by atoms with E-state index in [0.717, 1.165) is 30.2 Å². The number of carbonyl (C=O) groups excluding carboxylic acids is 1. The number of nitrogens with zero attached hydrogens (tertiary/aromatic N) is 4. The molecule has 0 aromatic carbocycles. The van der Waals surface area contributed by atoms with Gasteiger partial charge in [-0.05, 0) is 49.3 Å². The van der Waals surface area contributed by atoms with Gasteiger partial charge in [-0.1, -0.05) is 0 Å². The van der Waals surface area contributed by atoms with Crippen molar-refractivity contribution in [2.75, 3.05) is 25.0 Å². The van der Waals surface area contributed by atoms with Crippen molar-refractivity contribution in [3.05, 3.63) is 40.2 Å². The van der Waals surface area contributed by atoms with Crippen molar-refractivity contribution in [2.24, 2.45) is 11.8 Å². The lowest BCUT2D eigenvalue weighted by Crippen LogP contribution is -2.39. The lowest BCUT2D eigenvalue weighted by Gasteiger charge is -2.30. The summed E-state index contributed by atoms with van der Waals surface area (Å²) < 4.78 is 0. The molecule has 126 valence electrons. The first-order chi connectivity index (χ1) is 11.6. The van der Waals surface area contributed by atoms with E-state index >= 15 is 0 Å². The van der Waals surface area contributed by atoms with E-state index in [1.807, 2.05) is 40.8 Å². The fourth-order valence-electron chi connectivity index (χ4n) is 4.20. The molecule has 6 heteroatoms. The normalized spacial score (nSPS) is 25.8. The summed E-state index contributed by atoms with van der Waals surface area (Å²) in [6, 6.07) is 6.41. The van der Waals surface area contributed by atoms with E-state index in [2.05, 4.69) is 22.1 Å². The number of thiophene rings is 1. The Morgan fingerprint density at radius 2 is 2.12 bits per heavy atom. The van der Waals surface area contributed by atoms with Crippen molar-refractivity contribution in [2.45, 2.75) is 25.8 Å². The SMILES string of the molecule is Cc1ccc(N(C)[C@@H]2CC[C@@H]3CN(C(=O)c4ccsc4)C[C@@H]32)nn1. The number of aromatic nitrogens is 2. The van der Waals surface area contributed by atoms with Gasteiger partial charge in [-0.3, -0.25) is 4.79 Å².